The van der Waals surface area contributed by atoms with Crippen molar-refractivity contribution in [1.29, 1.82) is 0 Å². The largest absolute Gasteiger partial charge is 0.378 e. The zero-order chi connectivity index (χ0) is 23.6. The Labute approximate surface area is 212 Å². The Kier molecular flexibility index (Phi) is 7.22. The number of benzene rings is 3. The predicted octanol–water partition coefficient (Wildman–Crippen LogP) is 5.46. The summed E-state index contributed by atoms with van der Waals surface area (Å²) in [5.74, 6) is 0.00963. The maximum atomic E-state index is 13.1. The van der Waals surface area contributed by atoms with E-state index in [-0.39, 0.29) is 21.8 Å². The zero-order valence-corrected chi connectivity index (χ0v) is 22.0. The van der Waals surface area contributed by atoms with E-state index in [1.165, 1.54) is 24.0 Å². The van der Waals surface area contributed by atoms with E-state index in [2.05, 4.69) is 47.4 Å². The maximum Gasteiger partial charge on any atom is 0.340 e. The molecule has 1 fully saturated rings. The fourth-order valence-electron chi connectivity index (χ4n) is 3.17. The summed E-state index contributed by atoms with van der Waals surface area (Å²) in [5, 5.41) is 12.7. The van der Waals surface area contributed by atoms with E-state index in [0.717, 1.165) is 10.8 Å². The fourth-order valence-corrected chi connectivity index (χ4v) is 6.43. The molecular formula is C22H17Br2N3O4S2. The van der Waals surface area contributed by atoms with Crippen molar-refractivity contribution in [1.82, 2.24) is 5.32 Å². The molecule has 1 heterocycles. The summed E-state index contributed by atoms with van der Waals surface area (Å²) in [6.45, 7) is 1.92. The number of rotatable bonds is 6. The summed E-state index contributed by atoms with van der Waals surface area (Å²) in [7, 11) is -4.15. The van der Waals surface area contributed by atoms with Gasteiger partial charge in [-0.25, -0.2) is 0 Å². The van der Waals surface area contributed by atoms with Gasteiger partial charge in [-0.05, 0) is 57.4 Å². The van der Waals surface area contributed by atoms with Crippen molar-refractivity contribution in [3.63, 3.8) is 0 Å². The third-order valence-electron chi connectivity index (χ3n) is 4.78. The third kappa shape index (κ3) is 5.32. The van der Waals surface area contributed by atoms with Crippen molar-refractivity contribution >= 4 is 81.8 Å². The topological polar surface area (TPSA) is 97.2 Å². The lowest BCUT2D eigenvalue weighted by atomic mass is 10.0. The first-order chi connectivity index (χ1) is 15.8. The molecule has 11 heteroatoms. The number of carbonyl (C=O) groups excluding carboxylic acids is 1. The minimum Gasteiger partial charge on any atom is -0.378 e. The van der Waals surface area contributed by atoms with Gasteiger partial charge in [-0.1, -0.05) is 64.9 Å². The van der Waals surface area contributed by atoms with Crippen LogP contribution in [-0.4, -0.2) is 31.0 Å². The molecule has 1 saturated heterocycles. The summed E-state index contributed by atoms with van der Waals surface area (Å²) in [6, 6.07) is 15.6. The fraction of sp³-hybridized carbons (Fsp3) is 0.136. The van der Waals surface area contributed by atoms with Crippen LogP contribution in [-0.2, 0) is 14.9 Å². The van der Waals surface area contributed by atoms with Gasteiger partial charge in [0.2, 0.25) is 5.91 Å². The monoisotopic (exact) mass is 609 g/mol. The van der Waals surface area contributed by atoms with Crippen LogP contribution in [0.3, 0.4) is 0 Å². The molecule has 0 aliphatic carbocycles. The maximum absolute atomic E-state index is 13.1. The first kappa shape index (κ1) is 23.9. The molecule has 0 spiro atoms. The highest BCUT2D eigenvalue weighted by molar-refractivity contribution is 9.11. The van der Waals surface area contributed by atoms with E-state index >= 15 is 0 Å². The number of nitrogens with one attached hydrogen (secondary N) is 1. The van der Waals surface area contributed by atoms with Gasteiger partial charge >= 0.3 is 10.1 Å². The number of thioether (sulfide) groups is 1. The normalized spacial score (nSPS) is 17.7. The molecule has 3 aromatic rings. The van der Waals surface area contributed by atoms with E-state index in [9.17, 15) is 13.2 Å². The molecule has 1 unspecified atom stereocenters. The van der Waals surface area contributed by atoms with Crippen LogP contribution in [0.4, 0.5) is 0 Å². The van der Waals surface area contributed by atoms with Gasteiger partial charge in [0.1, 0.15) is 4.90 Å². The molecule has 4 rings (SSSR count). The van der Waals surface area contributed by atoms with Gasteiger partial charge in [-0.3, -0.25) is 4.79 Å². The second-order valence-corrected chi connectivity index (χ2v) is 11.4. The summed E-state index contributed by atoms with van der Waals surface area (Å²) in [6.07, 6.45) is 2.12. The second-order valence-electron chi connectivity index (χ2n) is 6.96. The predicted molar refractivity (Wildman–Crippen MR) is 138 cm³/mol. The van der Waals surface area contributed by atoms with Crippen LogP contribution < -0.4 is 9.50 Å². The van der Waals surface area contributed by atoms with Crippen LogP contribution in [0.2, 0.25) is 0 Å². The summed E-state index contributed by atoms with van der Waals surface area (Å²) in [4.78, 5) is 11.9. The molecule has 170 valence electrons. The molecule has 33 heavy (non-hydrogen) atoms. The van der Waals surface area contributed by atoms with E-state index in [1.54, 1.807) is 24.3 Å². The lowest BCUT2D eigenvalue weighted by Gasteiger charge is -2.12. The number of amidine groups is 1. The first-order valence-electron chi connectivity index (χ1n) is 9.78. The van der Waals surface area contributed by atoms with Crippen LogP contribution in [0.15, 0.2) is 78.6 Å². The second kappa shape index (κ2) is 9.96. The highest BCUT2D eigenvalue weighted by Gasteiger charge is 2.28. The van der Waals surface area contributed by atoms with Gasteiger partial charge in [0, 0.05) is 14.5 Å². The summed E-state index contributed by atoms with van der Waals surface area (Å²) in [5.41, 5.74) is 0.452. The standard InChI is InChI=1S/C22H17Br2N3O4S2/c1-2-19-21(28)26-22(32-19)27-25-12-16-15-6-4-3-5-13(15)7-10-18(16)31-33(29,30)20-11-14(23)8-9-17(20)24/h3-12,19H,2H2,1H3,(H,26,27,28)/b25-12+. The van der Waals surface area contributed by atoms with Crippen molar-refractivity contribution in [2.24, 2.45) is 10.2 Å². The van der Waals surface area contributed by atoms with E-state index in [1.807, 2.05) is 31.2 Å². The van der Waals surface area contributed by atoms with Crippen molar-refractivity contribution in [3.05, 3.63) is 69.1 Å². The molecule has 0 saturated carbocycles. The average molecular weight is 611 g/mol. The highest BCUT2D eigenvalue weighted by Crippen LogP contribution is 2.32. The molecule has 7 nitrogen and oxygen atoms in total. The van der Waals surface area contributed by atoms with Crippen LogP contribution in [0.25, 0.3) is 10.8 Å². The molecule has 0 aromatic heterocycles. The Morgan fingerprint density at radius 1 is 1.15 bits per heavy atom. The van der Waals surface area contributed by atoms with E-state index < -0.39 is 10.1 Å². The van der Waals surface area contributed by atoms with Crippen molar-refractivity contribution in [3.8, 4) is 5.75 Å². The first-order valence-corrected chi connectivity index (χ1v) is 13.7. The van der Waals surface area contributed by atoms with E-state index in [0.29, 0.717) is 26.1 Å². The van der Waals surface area contributed by atoms with Gasteiger partial charge in [-0.15, -0.1) is 5.10 Å². The van der Waals surface area contributed by atoms with Crippen LogP contribution in [0, 0.1) is 0 Å². The number of hydrogen-bond donors (Lipinski definition) is 1. The highest BCUT2D eigenvalue weighted by atomic mass is 79.9. The molecule has 1 aliphatic heterocycles. The zero-order valence-electron chi connectivity index (χ0n) is 17.2. The number of nitrogens with zero attached hydrogens (tertiary/aromatic N) is 2. The van der Waals surface area contributed by atoms with Crippen molar-refractivity contribution in [2.75, 3.05) is 0 Å². The smallest absolute Gasteiger partial charge is 0.340 e. The Hall–Kier alpha value is -2.21. The van der Waals surface area contributed by atoms with Crippen molar-refractivity contribution < 1.29 is 17.4 Å². The number of halogens is 2. The molecular weight excluding hydrogens is 594 g/mol. The minimum atomic E-state index is -4.15. The summed E-state index contributed by atoms with van der Waals surface area (Å²) < 4.78 is 32.6. The number of fused-ring (bicyclic) bond motifs is 1. The average Bonchev–Trinajstić information content (AvgIpc) is 3.15. The number of carbonyl (C=O) groups is 1. The molecule has 0 bridgehead atoms. The molecule has 3 aromatic carbocycles. The number of amides is 1. The van der Waals surface area contributed by atoms with Crippen LogP contribution >= 0.6 is 43.6 Å². The van der Waals surface area contributed by atoms with Crippen molar-refractivity contribution in [2.45, 2.75) is 23.5 Å². The van der Waals surface area contributed by atoms with E-state index in [4.69, 9.17) is 4.18 Å². The SMILES string of the molecule is CCC1S/C(=N/N=C/c2c(OS(=O)(=O)c3cc(Br)ccc3Br)ccc3ccccc23)NC1=O. The quantitative estimate of drug-likeness (QED) is 0.227. The Morgan fingerprint density at radius 3 is 2.70 bits per heavy atom. The Morgan fingerprint density at radius 2 is 1.94 bits per heavy atom. The number of hydrogen-bond acceptors (Lipinski definition) is 7. The molecule has 1 atom stereocenters. The molecule has 0 radical (unpaired) electrons. The summed E-state index contributed by atoms with van der Waals surface area (Å²) >= 11 is 7.88. The molecule has 1 N–H and O–H groups in total. The van der Waals surface area contributed by atoms with Gasteiger partial charge < -0.3 is 9.50 Å². The van der Waals surface area contributed by atoms with Gasteiger partial charge in [0.15, 0.2) is 10.9 Å². The van der Waals surface area contributed by atoms with Crippen LogP contribution in [0.5, 0.6) is 5.75 Å². The Bertz CT molecular complexity index is 1410. The third-order valence-corrected chi connectivity index (χ3v) is 8.74. The Balaban J connectivity index is 1.73. The molecule has 1 amide bonds. The van der Waals surface area contributed by atoms with Gasteiger partial charge in [0.25, 0.3) is 0 Å². The van der Waals surface area contributed by atoms with Gasteiger partial charge in [-0.2, -0.15) is 13.5 Å². The lowest BCUT2D eigenvalue weighted by Crippen LogP contribution is -2.24. The minimum absolute atomic E-state index is 0.0103. The molecule has 1 aliphatic rings. The van der Waals surface area contributed by atoms with Gasteiger partial charge in [0.05, 0.1) is 11.5 Å². The van der Waals surface area contributed by atoms with Crippen LogP contribution in [0.1, 0.15) is 18.9 Å². The lowest BCUT2D eigenvalue weighted by molar-refractivity contribution is -0.118.